The van der Waals surface area contributed by atoms with Gasteiger partial charge in [0.15, 0.2) is 0 Å². The predicted molar refractivity (Wildman–Crippen MR) is 73.1 cm³/mol. The summed E-state index contributed by atoms with van der Waals surface area (Å²) in [5, 5.41) is 21.6. The first-order valence-electron chi connectivity index (χ1n) is 6.50. The zero-order chi connectivity index (χ0) is 14.4. The van der Waals surface area contributed by atoms with Crippen LogP contribution in [0.1, 0.15) is 49.3 Å². The number of aromatic carboxylic acids is 1. The van der Waals surface area contributed by atoms with Gasteiger partial charge in [0.1, 0.15) is 0 Å². The predicted octanol–water partition coefficient (Wildman–Crippen LogP) is 1.84. The molecule has 0 spiro atoms. The molecule has 106 valence electrons. The van der Waals surface area contributed by atoms with Crippen molar-refractivity contribution >= 4 is 5.97 Å². The molecule has 19 heavy (non-hydrogen) atoms. The zero-order valence-electron chi connectivity index (χ0n) is 11.6. The molecular weight excluding hydrogens is 244 g/mol. The number of aromatic nitrogens is 1. The highest BCUT2D eigenvalue weighted by Gasteiger charge is 2.16. The fraction of sp³-hybridized carbons (Fsp3) is 0.571. The molecule has 1 aromatic heterocycles. The van der Waals surface area contributed by atoms with Crippen molar-refractivity contribution < 1.29 is 15.0 Å². The van der Waals surface area contributed by atoms with Crippen molar-refractivity contribution in [3.05, 3.63) is 29.6 Å². The number of rotatable bonds is 7. The van der Waals surface area contributed by atoms with Crippen molar-refractivity contribution in [2.45, 2.75) is 39.3 Å². The number of hydrogen-bond donors (Lipinski definition) is 3. The van der Waals surface area contributed by atoms with Crippen LogP contribution >= 0.6 is 0 Å². The van der Waals surface area contributed by atoms with E-state index >= 15 is 0 Å². The first-order chi connectivity index (χ1) is 8.93. The van der Waals surface area contributed by atoms with Crippen LogP contribution < -0.4 is 5.32 Å². The van der Waals surface area contributed by atoms with E-state index in [1.54, 1.807) is 6.07 Å². The molecule has 1 rings (SSSR count). The van der Waals surface area contributed by atoms with E-state index in [-0.39, 0.29) is 24.3 Å². The summed E-state index contributed by atoms with van der Waals surface area (Å²) in [6, 6.07) is 2.92. The number of carbonyl (C=O) groups is 1. The average Bonchev–Trinajstić information content (AvgIpc) is 2.37. The quantitative estimate of drug-likeness (QED) is 0.701. The maximum absolute atomic E-state index is 10.9. The number of hydrogen-bond acceptors (Lipinski definition) is 4. The summed E-state index contributed by atoms with van der Waals surface area (Å²) >= 11 is 0. The normalized spacial score (nSPS) is 14.4. The van der Waals surface area contributed by atoms with Gasteiger partial charge >= 0.3 is 5.97 Å². The Morgan fingerprint density at radius 1 is 1.42 bits per heavy atom. The monoisotopic (exact) mass is 266 g/mol. The molecule has 0 aliphatic heterocycles. The molecule has 5 heteroatoms. The van der Waals surface area contributed by atoms with Crippen LogP contribution in [0.2, 0.25) is 0 Å². The van der Waals surface area contributed by atoms with Crippen LogP contribution in [0.5, 0.6) is 0 Å². The SMILES string of the molecule is CC(C)CC(CO)NC(C)c1cc(C(=O)O)ccn1. The number of carboxylic acids is 1. The second-order valence-electron chi connectivity index (χ2n) is 5.17. The molecule has 2 atom stereocenters. The van der Waals surface area contributed by atoms with Crippen LogP contribution in [-0.4, -0.2) is 33.8 Å². The van der Waals surface area contributed by atoms with E-state index in [4.69, 9.17) is 5.11 Å². The Balaban J connectivity index is 2.73. The Kier molecular flexibility index (Phi) is 5.92. The molecule has 0 radical (unpaired) electrons. The summed E-state index contributed by atoms with van der Waals surface area (Å²) in [5.41, 5.74) is 0.894. The summed E-state index contributed by atoms with van der Waals surface area (Å²) in [6.45, 7) is 6.16. The fourth-order valence-electron chi connectivity index (χ4n) is 2.02. The van der Waals surface area contributed by atoms with Crippen molar-refractivity contribution in [3.8, 4) is 0 Å². The molecule has 0 amide bonds. The topological polar surface area (TPSA) is 82.5 Å². The number of carboxylic acid groups (broad SMARTS) is 1. The second-order valence-corrected chi connectivity index (χ2v) is 5.17. The molecule has 2 unspecified atom stereocenters. The van der Waals surface area contributed by atoms with Crippen LogP contribution in [0.3, 0.4) is 0 Å². The van der Waals surface area contributed by atoms with E-state index in [2.05, 4.69) is 24.1 Å². The Bertz CT molecular complexity index is 421. The van der Waals surface area contributed by atoms with Gasteiger partial charge in [-0.15, -0.1) is 0 Å². The molecule has 5 nitrogen and oxygen atoms in total. The third-order valence-corrected chi connectivity index (χ3v) is 2.93. The lowest BCUT2D eigenvalue weighted by molar-refractivity contribution is 0.0696. The summed E-state index contributed by atoms with van der Waals surface area (Å²) in [6.07, 6.45) is 2.35. The molecule has 0 aliphatic rings. The number of aliphatic hydroxyl groups excluding tert-OH is 1. The smallest absolute Gasteiger partial charge is 0.335 e. The van der Waals surface area contributed by atoms with Crippen molar-refractivity contribution in [1.29, 1.82) is 0 Å². The summed E-state index contributed by atoms with van der Waals surface area (Å²) < 4.78 is 0. The van der Waals surface area contributed by atoms with E-state index in [1.807, 2.05) is 6.92 Å². The maximum Gasteiger partial charge on any atom is 0.335 e. The van der Waals surface area contributed by atoms with Gasteiger partial charge in [0.25, 0.3) is 0 Å². The summed E-state index contributed by atoms with van der Waals surface area (Å²) in [7, 11) is 0. The van der Waals surface area contributed by atoms with Crippen LogP contribution in [0.15, 0.2) is 18.3 Å². The van der Waals surface area contributed by atoms with Crippen molar-refractivity contribution in [3.63, 3.8) is 0 Å². The van der Waals surface area contributed by atoms with Gasteiger partial charge in [0.05, 0.1) is 17.9 Å². The average molecular weight is 266 g/mol. The van der Waals surface area contributed by atoms with Crippen molar-refractivity contribution in [2.24, 2.45) is 5.92 Å². The standard InChI is InChI=1S/C14H22N2O3/c1-9(2)6-12(8-17)16-10(3)13-7-11(14(18)19)4-5-15-13/h4-5,7,9-10,12,16-17H,6,8H2,1-3H3,(H,18,19). The molecule has 1 heterocycles. The number of pyridine rings is 1. The third-order valence-electron chi connectivity index (χ3n) is 2.93. The Labute approximate surface area is 113 Å². The minimum absolute atomic E-state index is 0.00900. The number of aliphatic hydroxyl groups is 1. The van der Waals surface area contributed by atoms with E-state index in [1.165, 1.54) is 12.3 Å². The molecule has 0 saturated heterocycles. The lowest BCUT2D eigenvalue weighted by Crippen LogP contribution is -2.36. The van der Waals surface area contributed by atoms with Crippen LogP contribution in [0, 0.1) is 5.92 Å². The van der Waals surface area contributed by atoms with Crippen molar-refractivity contribution in [2.75, 3.05) is 6.61 Å². The van der Waals surface area contributed by atoms with E-state index in [9.17, 15) is 9.90 Å². The number of nitrogens with one attached hydrogen (secondary N) is 1. The van der Waals surface area contributed by atoms with Gasteiger partial charge in [0.2, 0.25) is 0 Å². The molecule has 3 N–H and O–H groups in total. The molecule has 0 bridgehead atoms. The molecule has 0 fully saturated rings. The van der Waals surface area contributed by atoms with Gasteiger partial charge in [-0.2, -0.15) is 0 Å². The Hall–Kier alpha value is -1.46. The lowest BCUT2D eigenvalue weighted by Gasteiger charge is -2.23. The minimum atomic E-state index is -0.961. The van der Waals surface area contributed by atoms with Gasteiger partial charge in [-0.1, -0.05) is 13.8 Å². The van der Waals surface area contributed by atoms with E-state index < -0.39 is 5.97 Å². The third kappa shape index (κ3) is 4.96. The highest BCUT2D eigenvalue weighted by molar-refractivity contribution is 5.87. The zero-order valence-corrected chi connectivity index (χ0v) is 11.6. The van der Waals surface area contributed by atoms with Gasteiger partial charge in [-0.05, 0) is 31.4 Å². The largest absolute Gasteiger partial charge is 0.478 e. The highest BCUT2D eigenvalue weighted by atomic mass is 16.4. The second kappa shape index (κ2) is 7.21. The van der Waals surface area contributed by atoms with Crippen LogP contribution in [0.25, 0.3) is 0 Å². The molecular formula is C14H22N2O3. The van der Waals surface area contributed by atoms with Crippen molar-refractivity contribution in [1.82, 2.24) is 10.3 Å². The summed E-state index contributed by atoms with van der Waals surface area (Å²) in [4.78, 5) is 15.1. The first-order valence-corrected chi connectivity index (χ1v) is 6.50. The molecule has 0 saturated carbocycles. The highest BCUT2D eigenvalue weighted by Crippen LogP contribution is 2.14. The van der Waals surface area contributed by atoms with Gasteiger partial charge in [-0.25, -0.2) is 4.79 Å². The lowest BCUT2D eigenvalue weighted by atomic mass is 10.0. The molecule has 0 aliphatic carbocycles. The van der Waals surface area contributed by atoms with Gasteiger partial charge < -0.3 is 15.5 Å². The van der Waals surface area contributed by atoms with Gasteiger partial charge in [0, 0.05) is 18.3 Å². The summed E-state index contributed by atoms with van der Waals surface area (Å²) in [5.74, 6) is -0.480. The van der Waals surface area contributed by atoms with E-state index in [0.717, 1.165) is 6.42 Å². The fourth-order valence-corrected chi connectivity index (χ4v) is 2.02. The molecule has 1 aromatic rings. The minimum Gasteiger partial charge on any atom is -0.478 e. The van der Waals surface area contributed by atoms with Gasteiger partial charge in [-0.3, -0.25) is 4.98 Å². The van der Waals surface area contributed by atoms with Crippen LogP contribution in [-0.2, 0) is 0 Å². The first kappa shape index (κ1) is 15.6. The Morgan fingerprint density at radius 3 is 2.63 bits per heavy atom. The van der Waals surface area contributed by atoms with E-state index in [0.29, 0.717) is 11.6 Å². The maximum atomic E-state index is 10.9. The molecule has 0 aromatic carbocycles. The number of nitrogens with zero attached hydrogens (tertiary/aromatic N) is 1. The van der Waals surface area contributed by atoms with Crippen LogP contribution in [0.4, 0.5) is 0 Å². The Morgan fingerprint density at radius 2 is 2.11 bits per heavy atom.